The van der Waals surface area contributed by atoms with Gasteiger partial charge in [-0.3, -0.25) is 0 Å². The highest BCUT2D eigenvalue weighted by Gasteiger charge is 2.25. The van der Waals surface area contributed by atoms with Gasteiger partial charge in [-0.2, -0.15) is 4.57 Å². The zero-order valence-electron chi connectivity index (χ0n) is 23.5. The molecule has 2 N–H and O–H groups in total. The number of pyridine rings is 1. The highest BCUT2D eigenvalue weighted by Crippen LogP contribution is 2.29. The quantitative estimate of drug-likeness (QED) is 0.107. The number of hydrogen-bond acceptors (Lipinski definition) is 8. The lowest BCUT2D eigenvalue weighted by atomic mass is 10.0. The summed E-state index contributed by atoms with van der Waals surface area (Å²) in [5, 5.41) is 14.1. The standard InChI is InChI=1S/C31H26N2O6.FHO3S/c1-37-27-12-7-13-28(38-2)24(27)19-39-31(36)32-18-20-14-16-21(17-15-20)33-25-10-5-3-8-22(25)29(30(34)35)23-9-4-6-11-26(23)33;1-5(2,3)4/h3-17H,18-19H2,1-2H3,(H-,32,34,35,36);(H,2,3,4). The minimum absolute atomic E-state index is 0.00108. The van der Waals surface area contributed by atoms with E-state index in [4.69, 9.17) is 27.2 Å². The number of carboxylic acids is 1. The molecular weight excluding hydrogens is 595 g/mol. The predicted octanol–water partition coefficient (Wildman–Crippen LogP) is 4.83. The van der Waals surface area contributed by atoms with Gasteiger partial charge in [0.15, 0.2) is 0 Å². The number of para-hydroxylation sites is 2. The van der Waals surface area contributed by atoms with E-state index >= 15 is 0 Å². The number of halogens is 1. The minimum atomic E-state index is -5.42. The van der Waals surface area contributed by atoms with Gasteiger partial charge in [-0.15, -0.1) is 3.89 Å². The number of alkyl carbamates (subject to hydrolysis) is 1. The van der Waals surface area contributed by atoms with Crippen molar-refractivity contribution in [2.24, 2.45) is 0 Å². The molecule has 0 spiro atoms. The van der Waals surface area contributed by atoms with Crippen molar-refractivity contribution in [2.45, 2.75) is 13.2 Å². The molecule has 44 heavy (non-hydrogen) atoms. The van der Waals surface area contributed by atoms with Gasteiger partial charge in [0, 0.05) is 30.8 Å². The predicted molar refractivity (Wildman–Crippen MR) is 157 cm³/mol. The average Bonchev–Trinajstić information content (AvgIpc) is 3.00. The van der Waals surface area contributed by atoms with Gasteiger partial charge in [0.2, 0.25) is 16.7 Å². The molecule has 4 aromatic carbocycles. The van der Waals surface area contributed by atoms with Gasteiger partial charge in [0.25, 0.3) is 10.5 Å². The Morgan fingerprint density at radius 1 is 0.841 bits per heavy atom. The highest BCUT2D eigenvalue weighted by atomic mass is 32.3. The van der Waals surface area contributed by atoms with E-state index in [1.807, 2.05) is 77.4 Å². The third kappa shape index (κ3) is 7.56. The number of hydrogen-bond donors (Lipinski definition) is 2. The number of nitrogens with zero attached hydrogens (tertiary/aromatic N) is 1. The number of rotatable bonds is 8. The zero-order valence-corrected chi connectivity index (χ0v) is 24.3. The first-order chi connectivity index (χ1) is 21.0. The van der Waals surface area contributed by atoms with E-state index in [0.717, 1.165) is 22.3 Å². The van der Waals surface area contributed by atoms with Crippen LogP contribution >= 0.6 is 0 Å². The highest BCUT2D eigenvalue weighted by molar-refractivity contribution is 7.80. The molecule has 0 aliphatic carbocycles. The van der Waals surface area contributed by atoms with Gasteiger partial charge < -0.3 is 29.2 Å². The lowest BCUT2D eigenvalue weighted by molar-refractivity contribution is -0.538. The van der Waals surface area contributed by atoms with Crippen LogP contribution in [0, 0.1) is 0 Å². The van der Waals surface area contributed by atoms with E-state index in [-0.39, 0.29) is 18.7 Å². The number of methoxy groups -OCH3 is 2. The van der Waals surface area contributed by atoms with Crippen LogP contribution in [0.4, 0.5) is 8.68 Å². The van der Waals surface area contributed by atoms with E-state index in [2.05, 4.69) is 5.32 Å². The van der Waals surface area contributed by atoms with Gasteiger partial charge in [-0.1, -0.05) is 42.5 Å². The number of aromatic carboxylic acids is 1. The monoisotopic (exact) mass is 622 g/mol. The fourth-order valence-electron chi connectivity index (χ4n) is 4.74. The number of amides is 1. The summed E-state index contributed by atoms with van der Waals surface area (Å²) in [7, 11) is -2.32. The topological polar surface area (TPSA) is 155 Å². The Kier molecular flexibility index (Phi) is 9.93. The molecule has 0 saturated carbocycles. The second-order valence-corrected chi connectivity index (χ2v) is 9.97. The van der Waals surface area contributed by atoms with Crippen LogP contribution in [0.3, 0.4) is 0 Å². The number of carbonyl (C=O) groups excluding carboxylic acids is 1. The van der Waals surface area contributed by atoms with Crippen LogP contribution in [0.25, 0.3) is 27.5 Å². The number of ether oxygens (including phenoxy) is 3. The first-order valence-electron chi connectivity index (χ1n) is 13.0. The summed E-state index contributed by atoms with van der Waals surface area (Å²) >= 11 is 0. The zero-order chi connectivity index (χ0) is 31.9. The second-order valence-electron chi connectivity index (χ2n) is 9.18. The lowest BCUT2D eigenvalue weighted by Crippen LogP contribution is -2.33. The molecule has 0 bridgehead atoms. The van der Waals surface area contributed by atoms with Crippen molar-refractivity contribution in [1.82, 2.24) is 5.32 Å². The van der Waals surface area contributed by atoms with Crippen molar-refractivity contribution in [3.63, 3.8) is 0 Å². The van der Waals surface area contributed by atoms with E-state index < -0.39 is 22.6 Å². The third-order valence-corrected chi connectivity index (χ3v) is 6.55. The fraction of sp³-hybridized carbons (Fsp3) is 0.129. The van der Waals surface area contributed by atoms with Crippen LogP contribution in [0.1, 0.15) is 21.5 Å². The van der Waals surface area contributed by atoms with Crippen molar-refractivity contribution in [3.8, 4) is 17.2 Å². The lowest BCUT2D eigenvalue weighted by Gasteiger charge is -2.13. The summed E-state index contributed by atoms with van der Waals surface area (Å²) in [5.74, 6) is 0.186. The normalized spacial score (nSPS) is 10.9. The minimum Gasteiger partial charge on any atom is -0.722 e. The van der Waals surface area contributed by atoms with Crippen LogP contribution in [0.5, 0.6) is 11.5 Å². The van der Waals surface area contributed by atoms with Crippen LogP contribution in [0.2, 0.25) is 0 Å². The number of carboxylic acid groups (broad SMARTS) is 1. The number of nitrogens with one attached hydrogen (secondary N) is 1. The second kappa shape index (κ2) is 13.8. The van der Waals surface area contributed by atoms with Gasteiger partial charge >= 0.3 is 12.1 Å². The summed E-state index contributed by atoms with van der Waals surface area (Å²) in [6, 6.07) is 28.0. The average molecular weight is 623 g/mol. The molecule has 13 heteroatoms. The summed E-state index contributed by atoms with van der Waals surface area (Å²) in [4.78, 5) is 24.6. The Balaban J connectivity index is 0.000000818. The van der Waals surface area contributed by atoms with E-state index in [1.54, 1.807) is 32.4 Å². The van der Waals surface area contributed by atoms with Gasteiger partial charge in [-0.25, -0.2) is 18.0 Å². The third-order valence-electron chi connectivity index (χ3n) is 6.55. The van der Waals surface area contributed by atoms with Gasteiger partial charge in [0.1, 0.15) is 18.1 Å². The van der Waals surface area contributed by atoms with E-state index in [9.17, 15) is 18.6 Å². The maximum Gasteiger partial charge on any atom is 0.407 e. The molecule has 0 radical (unpaired) electrons. The molecule has 0 fully saturated rings. The number of fused-ring (bicyclic) bond motifs is 2. The number of carbonyl (C=O) groups is 2. The molecule has 0 unspecified atom stereocenters. The SMILES string of the molecule is COc1cccc(OC)c1COC(=O)NCc1ccc(-[n+]2c3ccccc3c(C(=O)O)c3ccccc32)cc1.O=S(=O)([O-])F. The Bertz CT molecular complexity index is 1840. The van der Waals surface area contributed by atoms with Crippen LogP contribution < -0.4 is 19.4 Å². The molecule has 1 aromatic heterocycles. The summed E-state index contributed by atoms with van der Waals surface area (Å²) in [6.45, 7) is 0.271. The van der Waals surface area contributed by atoms with Gasteiger partial charge in [0.05, 0.1) is 36.1 Å². The summed E-state index contributed by atoms with van der Waals surface area (Å²) < 4.78 is 53.5. The largest absolute Gasteiger partial charge is 0.722 e. The first-order valence-corrected chi connectivity index (χ1v) is 14.3. The smallest absolute Gasteiger partial charge is 0.407 e. The van der Waals surface area contributed by atoms with Crippen molar-refractivity contribution >= 4 is 44.4 Å². The van der Waals surface area contributed by atoms with Crippen molar-refractivity contribution in [1.29, 1.82) is 0 Å². The molecular formula is C31H27FN2O9S. The molecule has 0 aliphatic rings. The molecule has 1 amide bonds. The maximum absolute atomic E-state index is 12.4. The van der Waals surface area contributed by atoms with Crippen molar-refractivity contribution in [3.05, 3.63) is 108 Å². The Labute approximate surface area is 252 Å². The molecule has 0 atom stereocenters. The Morgan fingerprint density at radius 3 is 1.82 bits per heavy atom. The number of benzene rings is 4. The molecule has 5 rings (SSSR count). The molecule has 228 valence electrons. The first kappa shape index (κ1) is 31.7. The van der Waals surface area contributed by atoms with Crippen LogP contribution in [0.15, 0.2) is 91.0 Å². The molecule has 0 aliphatic heterocycles. The molecule has 0 saturated heterocycles. The van der Waals surface area contributed by atoms with E-state index in [0.29, 0.717) is 27.8 Å². The molecule has 1 heterocycles. The summed E-state index contributed by atoms with van der Waals surface area (Å²) in [5.41, 5.74) is 4.25. The number of aromatic nitrogens is 1. The van der Waals surface area contributed by atoms with Crippen LogP contribution in [-0.4, -0.2) is 44.4 Å². The van der Waals surface area contributed by atoms with Gasteiger partial charge in [-0.05, 0) is 29.8 Å². The van der Waals surface area contributed by atoms with E-state index in [1.165, 1.54) is 0 Å². The summed E-state index contributed by atoms with van der Waals surface area (Å²) in [6.07, 6.45) is -0.567. The maximum atomic E-state index is 12.4. The fourth-order valence-corrected chi connectivity index (χ4v) is 4.74. The molecule has 11 nitrogen and oxygen atoms in total. The van der Waals surface area contributed by atoms with Crippen LogP contribution in [-0.2, 0) is 28.4 Å². The van der Waals surface area contributed by atoms with Crippen molar-refractivity contribution in [2.75, 3.05) is 14.2 Å². The Morgan fingerprint density at radius 2 is 1.34 bits per heavy atom. The molecule has 5 aromatic rings. The Hall–Kier alpha value is -5.27. The van der Waals surface area contributed by atoms with Crippen molar-refractivity contribution < 1.29 is 50.3 Å².